The van der Waals surface area contributed by atoms with Crippen LogP contribution < -0.4 is 4.74 Å². The molecule has 0 fully saturated rings. The molecule has 0 atom stereocenters. The van der Waals surface area contributed by atoms with E-state index >= 15 is 0 Å². The minimum atomic E-state index is -0.0930. The van der Waals surface area contributed by atoms with Crippen LogP contribution in [0, 0.1) is 0 Å². The fourth-order valence-electron chi connectivity index (χ4n) is 1.53. The van der Waals surface area contributed by atoms with Gasteiger partial charge in [0.25, 0.3) is 0 Å². The zero-order valence-electron chi connectivity index (χ0n) is 10.7. The maximum atomic E-state index is 11.7. The van der Waals surface area contributed by atoms with Crippen LogP contribution in [0.2, 0.25) is 0 Å². The van der Waals surface area contributed by atoms with Crippen molar-refractivity contribution < 1.29 is 14.3 Å². The molecule has 0 aliphatic carbocycles. The Kier molecular flexibility index (Phi) is 6.54. The van der Waals surface area contributed by atoms with E-state index in [1.165, 1.54) is 0 Å². The summed E-state index contributed by atoms with van der Waals surface area (Å²) in [6.07, 6.45) is 0. The van der Waals surface area contributed by atoms with Gasteiger partial charge < -0.3 is 14.4 Å². The van der Waals surface area contributed by atoms with Gasteiger partial charge in [-0.2, -0.15) is 0 Å². The number of methoxy groups -OCH3 is 2. The van der Waals surface area contributed by atoms with Crippen molar-refractivity contribution in [1.82, 2.24) is 4.90 Å². The minimum absolute atomic E-state index is 0.0140. The Morgan fingerprint density at radius 1 is 1.28 bits per heavy atom. The van der Waals surface area contributed by atoms with E-state index in [1.54, 1.807) is 19.1 Å². The van der Waals surface area contributed by atoms with Crippen molar-refractivity contribution in [2.24, 2.45) is 0 Å². The summed E-state index contributed by atoms with van der Waals surface area (Å²) < 4.78 is 10.1. The lowest BCUT2D eigenvalue weighted by Crippen LogP contribution is -2.34. The monoisotopic (exact) mass is 271 g/mol. The van der Waals surface area contributed by atoms with Crippen LogP contribution in [0.15, 0.2) is 24.3 Å². The van der Waals surface area contributed by atoms with Gasteiger partial charge in [0.2, 0.25) is 5.91 Å². The molecule has 1 aromatic rings. The Balaban J connectivity index is 2.65. The SMILES string of the molecule is COCCN(Cc1ccc(OC)cc1)C(=O)CCl. The van der Waals surface area contributed by atoms with E-state index in [9.17, 15) is 4.79 Å². The standard InChI is InChI=1S/C13H18ClNO3/c1-17-8-7-15(13(16)9-14)10-11-3-5-12(18-2)6-4-11/h3-6H,7-10H2,1-2H3. The third kappa shape index (κ3) is 4.55. The normalized spacial score (nSPS) is 10.2. The number of rotatable bonds is 7. The smallest absolute Gasteiger partial charge is 0.237 e. The minimum Gasteiger partial charge on any atom is -0.497 e. The van der Waals surface area contributed by atoms with Gasteiger partial charge in [-0.3, -0.25) is 4.79 Å². The lowest BCUT2D eigenvalue weighted by molar-refractivity contribution is -0.129. The molecule has 0 radical (unpaired) electrons. The lowest BCUT2D eigenvalue weighted by atomic mass is 10.2. The maximum absolute atomic E-state index is 11.7. The summed E-state index contributed by atoms with van der Waals surface area (Å²) in [6.45, 7) is 1.56. The number of ether oxygens (including phenoxy) is 2. The van der Waals surface area contributed by atoms with Crippen LogP contribution in [0.3, 0.4) is 0 Å². The van der Waals surface area contributed by atoms with Crippen molar-refractivity contribution in [3.63, 3.8) is 0 Å². The maximum Gasteiger partial charge on any atom is 0.237 e. The van der Waals surface area contributed by atoms with Gasteiger partial charge in [-0.1, -0.05) is 12.1 Å². The first-order valence-corrected chi connectivity index (χ1v) is 6.20. The molecule has 1 rings (SSSR count). The molecule has 0 spiro atoms. The second kappa shape index (κ2) is 7.95. The molecule has 0 heterocycles. The summed E-state index contributed by atoms with van der Waals surface area (Å²) in [5.74, 6) is 0.690. The first-order chi connectivity index (χ1) is 8.71. The summed E-state index contributed by atoms with van der Waals surface area (Å²) in [5, 5.41) is 0. The van der Waals surface area contributed by atoms with Crippen LogP contribution in [0.5, 0.6) is 5.75 Å². The molecule has 100 valence electrons. The molecule has 0 aliphatic heterocycles. The molecule has 0 aliphatic rings. The molecule has 0 saturated carbocycles. The number of carbonyl (C=O) groups excluding carboxylic acids is 1. The van der Waals surface area contributed by atoms with Gasteiger partial charge in [-0.25, -0.2) is 0 Å². The zero-order chi connectivity index (χ0) is 13.4. The Labute approximate surface area is 112 Å². The summed E-state index contributed by atoms with van der Waals surface area (Å²) in [7, 11) is 3.23. The molecule has 5 heteroatoms. The number of benzene rings is 1. The van der Waals surface area contributed by atoms with Gasteiger partial charge in [0.05, 0.1) is 13.7 Å². The largest absolute Gasteiger partial charge is 0.497 e. The Morgan fingerprint density at radius 2 is 1.94 bits per heavy atom. The quantitative estimate of drug-likeness (QED) is 0.711. The summed E-state index contributed by atoms with van der Waals surface area (Å²) in [4.78, 5) is 13.3. The number of hydrogen-bond acceptors (Lipinski definition) is 3. The van der Waals surface area contributed by atoms with E-state index < -0.39 is 0 Å². The van der Waals surface area contributed by atoms with Crippen LogP contribution in [-0.4, -0.2) is 44.1 Å². The zero-order valence-corrected chi connectivity index (χ0v) is 11.4. The van der Waals surface area contributed by atoms with Crippen molar-refractivity contribution in [3.8, 4) is 5.75 Å². The first-order valence-electron chi connectivity index (χ1n) is 5.67. The number of nitrogens with zero attached hydrogens (tertiary/aromatic N) is 1. The highest BCUT2D eigenvalue weighted by Gasteiger charge is 2.12. The Hall–Kier alpha value is -1.26. The Bertz CT molecular complexity index is 367. The molecular weight excluding hydrogens is 254 g/mol. The topological polar surface area (TPSA) is 38.8 Å². The molecule has 0 saturated heterocycles. The van der Waals surface area contributed by atoms with Crippen molar-refractivity contribution in [2.75, 3.05) is 33.3 Å². The molecular formula is C13H18ClNO3. The van der Waals surface area contributed by atoms with Crippen LogP contribution in [0.1, 0.15) is 5.56 Å². The highest BCUT2D eigenvalue weighted by Crippen LogP contribution is 2.13. The molecule has 18 heavy (non-hydrogen) atoms. The fraction of sp³-hybridized carbons (Fsp3) is 0.462. The number of halogens is 1. The highest BCUT2D eigenvalue weighted by atomic mass is 35.5. The predicted molar refractivity (Wildman–Crippen MR) is 71.0 cm³/mol. The molecule has 0 unspecified atom stereocenters. The number of amides is 1. The summed E-state index contributed by atoms with van der Waals surface area (Å²) in [5.41, 5.74) is 1.03. The Morgan fingerprint density at radius 3 is 2.44 bits per heavy atom. The second-order valence-electron chi connectivity index (χ2n) is 3.79. The molecule has 1 amide bonds. The molecule has 0 N–H and O–H groups in total. The molecule has 4 nitrogen and oxygen atoms in total. The van der Waals surface area contributed by atoms with Gasteiger partial charge in [0, 0.05) is 20.2 Å². The summed E-state index contributed by atoms with van der Waals surface area (Å²) in [6, 6.07) is 7.60. The highest BCUT2D eigenvalue weighted by molar-refractivity contribution is 6.27. The van der Waals surface area contributed by atoms with Gasteiger partial charge >= 0.3 is 0 Å². The third-order valence-corrected chi connectivity index (χ3v) is 2.79. The molecule has 0 aromatic heterocycles. The predicted octanol–water partition coefficient (Wildman–Crippen LogP) is 1.91. The first kappa shape index (κ1) is 14.8. The van der Waals surface area contributed by atoms with Gasteiger partial charge in [0.1, 0.15) is 11.6 Å². The van der Waals surface area contributed by atoms with E-state index in [2.05, 4.69) is 0 Å². The van der Waals surface area contributed by atoms with Gasteiger partial charge in [-0.05, 0) is 17.7 Å². The van der Waals surface area contributed by atoms with Crippen molar-refractivity contribution in [3.05, 3.63) is 29.8 Å². The third-order valence-electron chi connectivity index (χ3n) is 2.56. The number of alkyl halides is 1. The van der Waals surface area contributed by atoms with Crippen LogP contribution >= 0.6 is 11.6 Å². The average Bonchev–Trinajstić information content (AvgIpc) is 2.43. The van der Waals surface area contributed by atoms with Crippen LogP contribution in [0.25, 0.3) is 0 Å². The molecule has 1 aromatic carbocycles. The van der Waals surface area contributed by atoms with Crippen molar-refractivity contribution in [2.45, 2.75) is 6.54 Å². The van der Waals surface area contributed by atoms with Crippen LogP contribution in [-0.2, 0) is 16.1 Å². The molecule has 0 bridgehead atoms. The lowest BCUT2D eigenvalue weighted by Gasteiger charge is -2.21. The van der Waals surface area contributed by atoms with E-state index in [0.717, 1.165) is 11.3 Å². The van der Waals surface area contributed by atoms with Crippen molar-refractivity contribution in [1.29, 1.82) is 0 Å². The van der Waals surface area contributed by atoms with E-state index in [0.29, 0.717) is 19.7 Å². The van der Waals surface area contributed by atoms with Gasteiger partial charge in [-0.15, -0.1) is 11.6 Å². The van der Waals surface area contributed by atoms with E-state index in [4.69, 9.17) is 21.1 Å². The average molecular weight is 272 g/mol. The van der Waals surface area contributed by atoms with Crippen LogP contribution in [0.4, 0.5) is 0 Å². The van der Waals surface area contributed by atoms with Crippen molar-refractivity contribution >= 4 is 17.5 Å². The van der Waals surface area contributed by atoms with E-state index in [1.807, 2.05) is 24.3 Å². The summed E-state index contributed by atoms with van der Waals surface area (Å²) >= 11 is 5.59. The number of hydrogen-bond donors (Lipinski definition) is 0. The number of carbonyl (C=O) groups is 1. The van der Waals surface area contributed by atoms with Gasteiger partial charge in [0.15, 0.2) is 0 Å². The fourth-order valence-corrected chi connectivity index (χ4v) is 1.70. The van der Waals surface area contributed by atoms with E-state index in [-0.39, 0.29) is 11.8 Å². The second-order valence-corrected chi connectivity index (χ2v) is 4.06.